The quantitative estimate of drug-likeness (QED) is 0.664. The van der Waals surface area contributed by atoms with E-state index in [-0.39, 0.29) is 17.8 Å². The molecule has 1 atom stereocenters. The zero-order valence-electron chi connectivity index (χ0n) is 13.4. The summed E-state index contributed by atoms with van der Waals surface area (Å²) in [4.78, 5) is 14.9. The van der Waals surface area contributed by atoms with Crippen LogP contribution in [0.3, 0.4) is 0 Å². The Morgan fingerprint density at radius 2 is 1.72 bits per heavy atom. The predicted octanol–water partition coefficient (Wildman–Crippen LogP) is 4.53. The van der Waals surface area contributed by atoms with E-state index in [9.17, 15) is 9.18 Å². The first-order valence-electron chi connectivity index (χ1n) is 8.10. The molecule has 0 radical (unpaired) electrons. The van der Waals surface area contributed by atoms with Crippen LogP contribution in [0.1, 0.15) is 27.7 Å². The fraction of sp³-hybridized carbons (Fsp3) is 0.150. The van der Waals surface area contributed by atoms with Crippen LogP contribution < -0.4 is 0 Å². The highest BCUT2D eigenvalue weighted by Gasteiger charge is 2.32. The summed E-state index contributed by atoms with van der Waals surface area (Å²) in [5.74, 6) is -0.453. The van der Waals surface area contributed by atoms with Gasteiger partial charge in [-0.15, -0.1) is 0 Å². The van der Waals surface area contributed by atoms with E-state index in [2.05, 4.69) is 4.57 Å². The Morgan fingerprint density at radius 1 is 1.00 bits per heavy atom. The highest BCUT2D eigenvalue weighted by molar-refractivity contribution is 6.30. The third-order valence-corrected chi connectivity index (χ3v) is 4.83. The van der Waals surface area contributed by atoms with Crippen molar-refractivity contribution in [3.63, 3.8) is 0 Å². The Kier molecular flexibility index (Phi) is 4.06. The molecule has 0 N–H and O–H groups in total. The summed E-state index contributed by atoms with van der Waals surface area (Å²) in [6.07, 6.45) is 2.03. The second-order valence-electron chi connectivity index (χ2n) is 6.09. The summed E-state index contributed by atoms with van der Waals surface area (Å²) < 4.78 is 15.3. The first kappa shape index (κ1) is 15.9. The van der Waals surface area contributed by atoms with Crippen molar-refractivity contribution in [1.82, 2.24) is 9.47 Å². The molecule has 2 aromatic carbocycles. The average Bonchev–Trinajstić information content (AvgIpc) is 3.10. The van der Waals surface area contributed by atoms with Crippen LogP contribution in [0, 0.1) is 5.82 Å². The van der Waals surface area contributed by atoms with Crippen LogP contribution in [-0.4, -0.2) is 21.9 Å². The van der Waals surface area contributed by atoms with E-state index >= 15 is 0 Å². The third kappa shape index (κ3) is 2.94. The number of carbonyl (C=O) groups excluding carboxylic acids is 1. The monoisotopic (exact) mass is 354 g/mol. The third-order valence-electron chi connectivity index (χ3n) is 4.58. The highest BCUT2D eigenvalue weighted by atomic mass is 35.5. The number of carbonyl (C=O) groups is 1. The number of halogens is 2. The van der Waals surface area contributed by atoms with Gasteiger partial charge in [-0.2, -0.15) is 0 Å². The maximum atomic E-state index is 13.2. The molecule has 0 saturated heterocycles. The molecule has 126 valence electrons. The van der Waals surface area contributed by atoms with Crippen LogP contribution in [0.25, 0.3) is 0 Å². The number of nitrogens with zero attached hydrogens (tertiary/aromatic N) is 2. The van der Waals surface area contributed by atoms with Crippen LogP contribution in [0.2, 0.25) is 5.02 Å². The molecule has 1 amide bonds. The topological polar surface area (TPSA) is 25.2 Å². The lowest BCUT2D eigenvalue weighted by molar-refractivity contribution is 0.0664. The van der Waals surface area contributed by atoms with Crippen molar-refractivity contribution < 1.29 is 9.18 Å². The Labute approximate surface area is 150 Å². The summed E-state index contributed by atoms with van der Waals surface area (Å²) in [6.45, 7) is 1.32. The van der Waals surface area contributed by atoms with Crippen LogP contribution in [-0.2, 0) is 6.54 Å². The van der Waals surface area contributed by atoms with Crippen molar-refractivity contribution in [3.8, 4) is 0 Å². The Bertz CT molecular complexity index is 902. The molecular formula is C20H16ClFN2O. The van der Waals surface area contributed by atoms with Crippen molar-refractivity contribution in [2.75, 3.05) is 6.54 Å². The zero-order chi connectivity index (χ0) is 17.4. The van der Waals surface area contributed by atoms with Crippen LogP contribution in [0.15, 0.2) is 66.9 Å². The molecule has 2 heterocycles. The average molecular weight is 355 g/mol. The molecule has 1 aliphatic rings. The number of hydrogen-bond acceptors (Lipinski definition) is 1. The minimum absolute atomic E-state index is 0.104. The molecule has 0 unspecified atom stereocenters. The minimum Gasteiger partial charge on any atom is -0.348 e. The number of rotatable bonds is 2. The normalized spacial score (nSPS) is 16.6. The number of fused-ring (bicyclic) bond motifs is 1. The first-order chi connectivity index (χ1) is 12.1. The maximum Gasteiger partial charge on any atom is 0.254 e. The molecule has 3 aromatic rings. The van der Waals surface area contributed by atoms with Crippen LogP contribution in [0.4, 0.5) is 4.39 Å². The molecular weight excluding hydrogens is 339 g/mol. The van der Waals surface area contributed by atoms with Gasteiger partial charge in [-0.3, -0.25) is 4.79 Å². The van der Waals surface area contributed by atoms with E-state index in [4.69, 9.17) is 11.6 Å². The summed E-state index contributed by atoms with van der Waals surface area (Å²) in [5, 5.41) is 0.659. The second kappa shape index (κ2) is 6.37. The van der Waals surface area contributed by atoms with E-state index in [0.717, 1.165) is 17.8 Å². The van der Waals surface area contributed by atoms with Gasteiger partial charge in [0.25, 0.3) is 5.91 Å². The smallest absolute Gasteiger partial charge is 0.254 e. The van der Waals surface area contributed by atoms with Gasteiger partial charge in [0.05, 0.1) is 6.04 Å². The lowest BCUT2D eigenvalue weighted by Gasteiger charge is -2.37. The van der Waals surface area contributed by atoms with E-state index in [1.54, 1.807) is 0 Å². The molecule has 1 aromatic heterocycles. The molecule has 0 aliphatic carbocycles. The van der Waals surface area contributed by atoms with Gasteiger partial charge >= 0.3 is 0 Å². The molecule has 0 fully saturated rings. The maximum absolute atomic E-state index is 13.2. The van der Waals surface area contributed by atoms with Gasteiger partial charge < -0.3 is 9.47 Å². The molecule has 0 spiro atoms. The SMILES string of the molecule is O=C(c1ccc(F)cc1)N1CCn2cccc2[C@H]1c1ccc(Cl)cc1. The summed E-state index contributed by atoms with van der Waals surface area (Å²) in [7, 11) is 0. The van der Waals surface area contributed by atoms with Gasteiger partial charge in [-0.05, 0) is 54.1 Å². The van der Waals surface area contributed by atoms with Gasteiger partial charge in [-0.25, -0.2) is 4.39 Å². The van der Waals surface area contributed by atoms with Crippen molar-refractivity contribution in [2.24, 2.45) is 0 Å². The van der Waals surface area contributed by atoms with Crippen molar-refractivity contribution in [3.05, 3.63) is 94.5 Å². The van der Waals surface area contributed by atoms with Gasteiger partial charge in [0.1, 0.15) is 5.82 Å². The van der Waals surface area contributed by atoms with Gasteiger partial charge in [-0.1, -0.05) is 23.7 Å². The molecule has 4 rings (SSSR count). The number of aromatic nitrogens is 1. The van der Waals surface area contributed by atoms with E-state index in [1.165, 1.54) is 24.3 Å². The standard InChI is InChI=1S/C20H16ClFN2O/c21-16-7-3-14(4-8-16)19-18-2-1-11-23(18)12-13-24(19)20(25)15-5-9-17(22)10-6-15/h1-11,19H,12-13H2/t19-/m1/s1. The largest absolute Gasteiger partial charge is 0.348 e. The van der Waals surface area contributed by atoms with Crippen molar-refractivity contribution in [1.29, 1.82) is 0 Å². The summed E-state index contributed by atoms with van der Waals surface area (Å²) >= 11 is 6.02. The van der Waals surface area contributed by atoms with E-state index < -0.39 is 0 Å². The van der Waals surface area contributed by atoms with Gasteiger partial charge in [0.15, 0.2) is 0 Å². The number of amides is 1. The fourth-order valence-electron chi connectivity index (χ4n) is 3.36. The molecule has 3 nitrogen and oxygen atoms in total. The van der Waals surface area contributed by atoms with E-state index in [1.807, 2.05) is 47.5 Å². The Morgan fingerprint density at radius 3 is 2.44 bits per heavy atom. The highest BCUT2D eigenvalue weighted by Crippen LogP contribution is 2.34. The number of benzene rings is 2. The fourth-order valence-corrected chi connectivity index (χ4v) is 3.48. The lowest BCUT2D eigenvalue weighted by Crippen LogP contribution is -2.42. The van der Waals surface area contributed by atoms with Crippen molar-refractivity contribution in [2.45, 2.75) is 12.6 Å². The zero-order valence-corrected chi connectivity index (χ0v) is 14.2. The van der Waals surface area contributed by atoms with Crippen LogP contribution in [0.5, 0.6) is 0 Å². The molecule has 25 heavy (non-hydrogen) atoms. The summed E-state index contributed by atoms with van der Waals surface area (Å²) in [6, 6.07) is 17.1. The van der Waals surface area contributed by atoms with Crippen LogP contribution >= 0.6 is 11.6 Å². The Balaban J connectivity index is 1.76. The molecule has 0 bridgehead atoms. The predicted molar refractivity (Wildman–Crippen MR) is 95.2 cm³/mol. The minimum atomic E-state index is -0.349. The van der Waals surface area contributed by atoms with E-state index in [0.29, 0.717) is 17.1 Å². The Hall–Kier alpha value is -2.59. The second-order valence-corrected chi connectivity index (χ2v) is 6.52. The lowest BCUT2D eigenvalue weighted by atomic mass is 9.99. The summed E-state index contributed by atoms with van der Waals surface area (Å²) in [5.41, 5.74) is 2.55. The van der Waals surface area contributed by atoms with Crippen molar-refractivity contribution >= 4 is 17.5 Å². The number of hydrogen-bond donors (Lipinski definition) is 0. The molecule has 0 saturated carbocycles. The molecule has 1 aliphatic heterocycles. The first-order valence-corrected chi connectivity index (χ1v) is 8.48. The molecule has 5 heteroatoms. The van der Waals surface area contributed by atoms with Gasteiger partial charge in [0, 0.05) is 35.6 Å². The van der Waals surface area contributed by atoms with Gasteiger partial charge in [0.2, 0.25) is 0 Å².